The second-order valence-corrected chi connectivity index (χ2v) is 6.80. The van der Waals surface area contributed by atoms with E-state index in [9.17, 15) is 14.9 Å². The van der Waals surface area contributed by atoms with Gasteiger partial charge in [0.2, 0.25) is 5.91 Å². The number of nitro groups is 1. The van der Waals surface area contributed by atoms with Gasteiger partial charge in [0.15, 0.2) is 4.34 Å². The van der Waals surface area contributed by atoms with E-state index in [4.69, 9.17) is 0 Å². The number of thioether (sulfide) groups is 1. The molecular weight excluding hydrogens is 310 g/mol. The molecule has 1 aliphatic rings. The molecule has 0 radical (unpaired) electrons. The number of thiazole rings is 1. The molecule has 2 aromatic rings. The van der Waals surface area contributed by atoms with Crippen LogP contribution in [0.15, 0.2) is 40.2 Å². The van der Waals surface area contributed by atoms with Gasteiger partial charge in [-0.15, -0.1) is 11.3 Å². The number of rotatable bonds is 4. The number of hydrogen-bond donors (Lipinski definition) is 0. The number of anilines is 1. The topological polar surface area (TPSA) is 76.3 Å². The molecule has 1 atom stereocenters. The molecule has 0 saturated carbocycles. The highest BCUT2D eigenvalue weighted by atomic mass is 32.2. The Hall–Kier alpha value is -1.93. The van der Waals surface area contributed by atoms with Gasteiger partial charge in [-0.05, 0) is 12.5 Å². The SMILES string of the molecule is O=C1[C@H](Sc2nccs2)CCN1c1cccc([N+](=O)[O-])c1. The van der Waals surface area contributed by atoms with Gasteiger partial charge < -0.3 is 4.90 Å². The van der Waals surface area contributed by atoms with Crippen LogP contribution in [0.3, 0.4) is 0 Å². The van der Waals surface area contributed by atoms with Gasteiger partial charge in [-0.25, -0.2) is 4.98 Å². The lowest BCUT2D eigenvalue weighted by molar-refractivity contribution is -0.384. The highest BCUT2D eigenvalue weighted by Gasteiger charge is 2.34. The number of benzene rings is 1. The Kier molecular flexibility index (Phi) is 3.89. The Bertz CT molecular complexity index is 675. The van der Waals surface area contributed by atoms with Crippen LogP contribution in [0.1, 0.15) is 6.42 Å². The van der Waals surface area contributed by atoms with Crippen LogP contribution >= 0.6 is 23.1 Å². The minimum absolute atomic E-state index is 0.00340. The van der Waals surface area contributed by atoms with E-state index in [2.05, 4.69) is 4.98 Å². The summed E-state index contributed by atoms with van der Waals surface area (Å²) in [6.07, 6.45) is 2.43. The molecule has 1 saturated heterocycles. The van der Waals surface area contributed by atoms with E-state index in [1.807, 2.05) is 5.38 Å². The second-order valence-electron chi connectivity index (χ2n) is 4.46. The number of carbonyl (C=O) groups is 1. The molecule has 6 nitrogen and oxygen atoms in total. The van der Waals surface area contributed by atoms with Crippen molar-refractivity contribution >= 4 is 40.4 Å². The van der Waals surface area contributed by atoms with Gasteiger partial charge in [-0.3, -0.25) is 14.9 Å². The van der Waals surface area contributed by atoms with Crippen molar-refractivity contribution in [2.75, 3.05) is 11.4 Å². The van der Waals surface area contributed by atoms with Gasteiger partial charge in [-0.1, -0.05) is 17.8 Å². The largest absolute Gasteiger partial charge is 0.311 e. The first kappa shape index (κ1) is 14.0. The molecular formula is C13H11N3O3S2. The van der Waals surface area contributed by atoms with Crippen LogP contribution < -0.4 is 4.90 Å². The average molecular weight is 321 g/mol. The zero-order chi connectivity index (χ0) is 14.8. The van der Waals surface area contributed by atoms with E-state index in [0.717, 1.165) is 4.34 Å². The molecule has 1 amide bonds. The fraction of sp³-hybridized carbons (Fsp3) is 0.231. The third kappa shape index (κ3) is 2.91. The number of amides is 1. The first-order valence-corrected chi connectivity index (χ1v) is 8.03. The van der Waals surface area contributed by atoms with Crippen molar-refractivity contribution in [1.82, 2.24) is 4.98 Å². The average Bonchev–Trinajstić information content (AvgIpc) is 3.11. The van der Waals surface area contributed by atoms with Gasteiger partial charge in [-0.2, -0.15) is 0 Å². The summed E-state index contributed by atoms with van der Waals surface area (Å²) in [6.45, 7) is 0.572. The van der Waals surface area contributed by atoms with Crippen molar-refractivity contribution in [2.45, 2.75) is 16.0 Å². The summed E-state index contributed by atoms with van der Waals surface area (Å²) < 4.78 is 0.870. The Morgan fingerprint density at radius 3 is 3.05 bits per heavy atom. The van der Waals surface area contributed by atoms with Crippen LogP contribution in [0.5, 0.6) is 0 Å². The summed E-state index contributed by atoms with van der Waals surface area (Å²) >= 11 is 2.96. The number of nitro benzene ring substituents is 1. The molecule has 0 N–H and O–H groups in total. The first-order chi connectivity index (χ1) is 10.1. The molecule has 8 heteroatoms. The molecule has 1 aromatic carbocycles. The number of aromatic nitrogens is 1. The lowest BCUT2D eigenvalue weighted by Crippen LogP contribution is -2.27. The lowest BCUT2D eigenvalue weighted by atomic mass is 10.2. The van der Waals surface area contributed by atoms with Gasteiger partial charge in [0.25, 0.3) is 5.69 Å². The van der Waals surface area contributed by atoms with E-state index in [0.29, 0.717) is 18.7 Å². The van der Waals surface area contributed by atoms with Crippen LogP contribution in [0.4, 0.5) is 11.4 Å². The summed E-state index contributed by atoms with van der Waals surface area (Å²) in [6, 6.07) is 6.18. The van der Waals surface area contributed by atoms with Crippen LogP contribution in [0.25, 0.3) is 0 Å². The zero-order valence-electron chi connectivity index (χ0n) is 10.8. The van der Waals surface area contributed by atoms with Crippen molar-refractivity contribution in [3.63, 3.8) is 0 Å². The van der Waals surface area contributed by atoms with Crippen LogP contribution in [-0.2, 0) is 4.79 Å². The maximum atomic E-state index is 12.4. The molecule has 3 rings (SSSR count). The maximum absolute atomic E-state index is 12.4. The predicted molar refractivity (Wildman–Crippen MR) is 81.8 cm³/mol. The number of carbonyl (C=O) groups excluding carboxylic acids is 1. The molecule has 0 aliphatic carbocycles. The van der Waals surface area contributed by atoms with Gasteiger partial charge in [0, 0.05) is 30.3 Å². The molecule has 1 aliphatic heterocycles. The molecule has 0 unspecified atom stereocenters. The summed E-state index contributed by atoms with van der Waals surface area (Å²) in [5.74, 6) is -0.0179. The van der Waals surface area contributed by atoms with Crippen LogP contribution in [0.2, 0.25) is 0 Å². The molecule has 2 heterocycles. The van der Waals surface area contributed by atoms with Crippen LogP contribution in [0, 0.1) is 10.1 Å². The van der Waals surface area contributed by atoms with E-state index >= 15 is 0 Å². The molecule has 0 bridgehead atoms. The number of hydrogen-bond acceptors (Lipinski definition) is 6. The Morgan fingerprint density at radius 1 is 1.48 bits per heavy atom. The zero-order valence-corrected chi connectivity index (χ0v) is 12.5. The van der Waals surface area contributed by atoms with E-state index in [1.54, 1.807) is 23.2 Å². The Morgan fingerprint density at radius 2 is 2.33 bits per heavy atom. The number of non-ortho nitro benzene ring substituents is 1. The van der Waals surface area contributed by atoms with Crippen molar-refractivity contribution in [2.24, 2.45) is 0 Å². The van der Waals surface area contributed by atoms with Crippen molar-refractivity contribution in [3.05, 3.63) is 46.0 Å². The fourth-order valence-electron chi connectivity index (χ4n) is 2.18. The summed E-state index contributed by atoms with van der Waals surface area (Å²) in [4.78, 5) is 28.6. The van der Waals surface area contributed by atoms with E-state index < -0.39 is 4.92 Å². The summed E-state index contributed by atoms with van der Waals surface area (Å²) in [7, 11) is 0. The third-order valence-corrected chi connectivity index (χ3v) is 5.33. The standard InChI is InChI=1S/C13H11N3O3S2/c17-12-11(21-13-14-5-7-20-13)4-6-15(12)9-2-1-3-10(8-9)16(18)19/h1-3,5,7-8,11H,4,6H2/t11-/m1/s1. The highest BCUT2D eigenvalue weighted by Crippen LogP contribution is 2.34. The smallest absolute Gasteiger partial charge is 0.271 e. The summed E-state index contributed by atoms with van der Waals surface area (Å²) in [5, 5.41) is 12.5. The molecule has 0 spiro atoms. The van der Waals surface area contributed by atoms with Crippen molar-refractivity contribution < 1.29 is 9.72 Å². The van der Waals surface area contributed by atoms with Crippen molar-refractivity contribution in [1.29, 1.82) is 0 Å². The first-order valence-electron chi connectivity index (χ1n) is 6.27. The molecule has 1 fully saturated rings. The van der Waals surface area contributed by atoms with Gasteiger partial charge in [0.1, 0.15) is 0 Å². The predicted octanol–water partition coefficient (Wildman–Crippen LogP) is 2.95. The van der Waals surface area contributed by atoms with Gasteiger partial charge >= 0.3 is 0 Å². The maximum Gasteiger partial charge on any atom is 0.271 e. The molecule has 21 heavy (non-hydrogen) atoms. The quantitative estimate of drug-likeness (QED) is 0.639. The minimum atomic E-state index is -0.453. The second kappa shape index (κ2) is 5.82. The monoisotopic (exact) mass is 321 g/mol. The van der Waals surface area contributed by atoms with Crippen molar-refractivity contribution in [3.8, 4) is 0 Å². The minimum Gasteiger partial charge on any atom is -0.311 e. The van der Waals surface area contributed by atoms with Crippen LogP contribution in [-0.4, -0.2) is 27.6 Å². The van der Waals surface area contributed by atoms with E-state index in [-0.39, 0.29) is 16.8 Å². The molecule has 108 valence electrons. The van der Waals surface area contributed by atoms with Gasteiger partial charge in [0.05, 0.1) is 15.9 Å². The Balaban J connectivity index is 1.77. The number of nitrogens with zero attached hydrogens (tertiary/aromatic N) is 3. The highest BCUT2D eigenvalue weighted by molar-refractivity contribution is 8.02. The third-order valence-electron chi connectivity index (χ3n) is 3.16. The van der Waals surface area contributed by atoms with E-state index in [1.165, 1.54) is 35.2 Å². The lowest BCUT2D eigenvalue weighted by Gasteiger charge is -2.16. The fourth-order valence-corrected chi connectivity index (χ4v) is 4.10. The molecule has 1 aromatic heterocycles. The normalized spacial score (nSPS) is 18.2. The summed E-state index contributed by atoms with van der Waals surface area (Å²) in [5.41, 5.74) is 0.577. The Labute approximate surface area is 128 Å².